The molecule has 2 heterocycles. The largest absolute Gasteiger partial charge is 0.389 e. The Balaban J connectivity index is 1.48. The van der Waals surface area contributed by atoms with E-state index in [-0.39, 0.29) is 6.61 Å². The van der Waals surface area contributed by atoms with E-state index in [1.165, 1.54) is 6.42 Å². The number of nitrogens with zero attached hydrogens (tertiary/aromatic N) is 3. The van der Waals surface area contributed by atoms with Crippen molar-refractivity contribution in [2.24, 2.45) is 0 Å². The molecule has 1 N–H and O–H groups in total. The van der Waals surface area contributed by atoms with Crippen molar-refractivity contribution in [3.63, 3.8) is 0 Å². The topological polar surface area (TPSA) is 71.2 Å². The van der Waals surface area contributed by atoms with Gasteiger partial charge in [-0.2, -0.15) is 0 Å². The first-order valence-electron chi connectivity index (χ1n) is 13.0. The highest BCUT2D eigenvalue weighted by Crippen LogP contribution is 2.34. The molecule has 1 unspecified atom stereocenters. The van der Waals surface area contributed by atoms with Crippen molar-refractivity contribution in [2.45, 2.75) is 44.9 Å². The molecule has 1 atom stereocenters. The van der Waals surface area contributed by atoms with Crippen LogP contribution in [0.4, 0.5) is 5.88 Å². The third-order valence-corrected chi connectivity index (χ3v) is 6.55. The molecule has 1 fully saturated rings. The minimum absolute atomic E-state index is 0.282. The molecular formula is C29H39N3O4. The van der Waals surface area contributed by atoms with Gasteiger partial charge in [-0.1, -0.05) is 65.8 Å². The van der Waals surface area contributed by atoms with Crippen LogP contribution in [-0.4, -0.2) is 67.8 Å². The van der Waals surface area contributed by atoms with Crippen molar-refractivity contribution in [2.75, 3.05) is 51.4 Å². The Morgan fingerprint density at radius 3 is 2.47 bits per heavy atom. The van der Waals surface area contributed by atoms with Crippen LogP contribution in [0.25, 0.3) is 11.3 Å². The molecule has 2 aromatic carbocycles. The summed E-state index contributed by atoms with van der Waals surface area (Å²) >= 11 is 0. The lowest BCUT2D eigenvalue weighted by atomic mass is 10.1. The van der Waals surface area contributed by atoms with E-state index < -0.39 is 6.10 Å². The summed E-state index contributed by atoms with van der Waals surface area (Å²) < 4.78 is 17.1. The molecule has 0 aliphatic carbocycles. The van der Waals surface area contributed by atoms with E-state index in [0.717, 1.165) is 67.2 Å². The molecule has 1 saturated heterocycles. The number of aromatic nitrogens is 1. The summed E-state index contributed by atoms with van der Waals surface area (Å²) in [4.78, 5) is 4.59. The van der Waals surface area contributed by atoms with Gasteiger partial charge in [0, 0.05) is 52.0 Å². The Bertz CT molecular complexity index is 1010. The van der Waals surface area contributed by atoms with Crippen LogP contribution in [0.5, 0.6) is 0 Å². The summed E-state index contributed by atoms with van der Waals surface area (Å²) in [6.45, 7) is 5.34. The second-order valence-corrected chi connectivity index (χ2v) is 9.46. The maximum absolute atomic E-state index is 10.8. The molecule has 0 bridgehead atoms. The predicted molar refractivity (Wildman–Crippen MR) is 142 cm³/mol. The van der Waals surface area contributed by atoms with Gasteiger partial charge in [-0.3, -0.25) is 4.90 Å². The van der Waals surface area contributed by atoms with E-state index in [0.29, 0.717) is 26.3 Å². The first-order valence-corrected chi connectivity index (χ1v) is 13.0. The van der Waals surface area contributed by atoms with Crippen molar-refractivity contribution in [1.82, 2.24) is 10.1 Å². The zero-order chi connectivity index (χ0) is 25.0. The van der Waals surface area contributed by atoms with Gasteiger partial charge in [-0.05, 0) is 31.2 Å². The third-order valence-electron chi connectivity index (χ3n) is 6.55. The Kier molecular flexibility index (Phi) is 10.3. The van der Waals surface area contributed by atoms with Crippen LogP contribution in [0.3, 0.4) is 0 Å². The zero-order valence-corrected chi connectivity index (χ0v) is 21.3. The third kappa shape index (κ3) is 7.64. The highest BCUT2D eigenvalue weighted by molar-refractivity contribution is 5.68. The fourth-order valence-electron chi connectivity index (χ4n) is 4.74. The Hall–Kier alpha value is -2.71. The van der Waals surface area contributed by atoms with E-state index in [4.69, 9.17) is 14.0 Å². The minimum Gasteiger partial charge on any atom is -0.389 e. The average Bonchev–Trinajstić information content (AvgIpc) is 3.34. The lowest BCUT2D eigenvalue weighted by molar-refractivity contribution is 0.00740. The van der Waals surface area contributed by atoms with Crippen LogP contribution in [-0.2, 0) is 22.6 Å². The second kappa shape index (κ2) is 14.1. The van der Waals surface area contributed by atoms with Crippen molar-refractivity contribution in [1.29, 1.82) is 0 Å². The number of aliphatic hydroxyl groups is 1. The summed E-state index contributed by atoms with van der Waals surface area (Å²) in [5, 5.41) is 15.4. The first kappa shape index (κ1) is 26.4. The number of hydrogen-bond donors (Lipinski definition) is 1. The number of ether oxygens (including phenoxy) is 2. The summed E-state index contributed by atoms with van der Waals surface area (Å²) in [7, 11) is 1.72. The van der Waals surface area contributed by atoms with Gasteiger partial charge < -0.3 is 24.0 Å². The number of piperidine rings is 1. The number of hydrogen-bond acceptors (Lipinski definition) is 7. The summed E-state index contributed by atoms with van der Waals surface area (Å²) in [6.07, 6.45) is 3.85. The van der Waals surface area contributed by atoms with E-state index >= 15 is 0 Å². The SMILES string of the molecule is COCCCN(Cc1c(-c2ccccc2)noc1N1CCCCC1)CC(O)COCc1ccccc1. The van der Waals surface area contributed by atoms with Gasteiger partial charge in [0.25, 0.3) is 0 Å². The van der Waals surface area contributed by atoms with Gasteiger partial charge >= 0.3 is 0 Å². The van der Waals surface area contributed by atoms with Crippen molar-refractivity contribution in [3.05, 3.63) is 71.8 Å². The van der Waals surface area contributed by atoms with Crippen LogP contribution in [0.15, 0.2) is 65.2 Å². The molecule has 36 heavy (non-hydrogen) atoms. The van der Waals surface area contributed by atoms with Gasteiger partial charge in [-0.15, -0.1) is 0 Å². The molecule has 0 radical (unpaired) electrons. The number of aliphatic hydroxyl groups excluding tert-OH is 1. The maximum atomic E-state index is 10.8. The van der Waals surface area contributed by atoms with Gasteiger partial charge in [0.1, 0.15) is 5.69 Å². The summed E-state index contributed by atoms with van der Waals surface area (Å²) in [5.41, 5.74) is 4.11. The molecule has 7 nitrogen and oxygen atoms in total. The number of benzene rings is 2. The molecule has 1 aliphatic heterocycles. The normalized spacial score (nSPS) is 14.9. The molecule has 0 amide bonds. The van der Waals surface area contributed by atoms with Gasteiger partial charge in [0.15, 0.2) is 0 Å². The summed E-state index contributed by atoms with van der Waals surface area (Å²) in [5.74, 6) is 0.861. The van der Waals surface area contributed by atoms with Crippen molar-refractivity contribution in [3.8, 4) is 11.3 Å². The molecule has 3 aromatic rings. The van der Waals surface area contributed by atoms with Crippen LogP contribution in [0, 0.1) is 0 Å². The Morgan fingerprint density at radius 2 is 1.75 bits per heavy atom. The Morgan fingerprint density at radius 1 is 1.03 bits per heavy atom. The van der Waals surface area contributed by atoms with Crippen molar-refractivity contribution >= 4 is 5.88 Å². The van der Waals surface area contributed by atoms with Gasteiger partial charge in [0.2, 0.25) is 5.88 Å². The van der Waals surface area contributed by atoms with Crippen LogP contribution < -0.4 is 4.90 Å². The monoisotopic (exact) mass is 493 g/mol. The van der Waals surface area contributed by atoms with E-state index in [1.54, 1.807) is 7.11 Å². The first-order chi connectivity index (χ1) is 17.7. The standard InChI is InChI=1S/C29H39N3O4/c1-34-19-11-16-31(20-26(33)23-35-22-24-12-5-2-6-13-24)21-27-28(25-14-7-3-8-15-25)30-36-29(27)32-17-9-4-10-18-32/h2-3,5-8,12-15,26,33H,4,9-11,16-23H2,1H3. The molecule has 0 spiro atoms. The molecule has 4 rings (SSSR count). The van der Waals surface area contributed by atoms with Crippen LogP contribution >= 0.6 is 0 Å². The number of methoxy groups -OCH3 is 1. The molecular weight excluding hydrogens is 454 g/mol. The van der Waals surface area contributed by atoms with Crippen LogP contribution in [0.2, 0.25) is 0 Å². The smallest absolute Gasteiger partial charge is 0.232 e. The zero-order valence-electron chi connectivity index (χ0n) is 21.3. The second-order valence-electron chi connectivity index (χ2n) is 9.46. The lowest BCUT2D eigenvalue weighted by Gasteiger charge is -2.29. The lowest BCUT2D eigenvalue weighted by Crippen LogP contribution is -2.36. The molecule has 1 aliphatic rings. The fraction of sp³-hybridized carbons (Fsp3) is 0.483. The maximum Gasteiger partial charge on any atom is 0.232 e. The minimum atomic E-state index is -0.602. The van der Waals surface area contributed by atoms with Gasteiger partial charge in [0.05, 0.1) is 24.9 Å². The van der Waals surface area contributed by atoms with E-state index in [9.17, 15) is 5.11 Å². The van der Waals surface area contributed by atoms with Gasteiger partial charge in [-0.25, -0.2) is 0 Å². The molecule has 1 aromatic heterocycles. The quantitative estimate of drug-likeness (QED) is 0.325. The average molecular weight is 494 g/mol. The molecule has 194 valence electrons. The van der Waals surface area contributed by atoms with Crippen LogP contribution in [0.1, 0.15) is 36.8 Å². The highest BCUT2D eigenvalue weighted by atomic mass is 16.5. The number of anilines is 1. The molecule has 0 saturated carbocycles. The molecule has 7 heteroatoms. The fourth-order valence-corrected chi connectivity index (χ4v) is 4.74. The van der Waals surface area contributed by atoms with E-state index in [1.807, 2.05) is 48.5 Å². The van der Waals surface area contributed by atoms with E-state index in [2.05, 4.69) is 27.1 Å². The predicted octanol–water partition coefficient (Wildman–Crippen LogP) is 4.75. The number of rotatable bonds is 14. The Labute approximate surface area is 214 Å². The van der Waals surface area contributed by atoms with Crippen molar-refractivity contribution < 1.29 is 19.1 Å². The highest BCUT2D eigenvalue weighted by Gasteiger charge is 2.26. The summed E-state index contributed by atoms with van der Waals surface area (Å²) in [6, 6.07) is 20.3.